The molecule has 104 valence electrons. The third-order valence-electron chi connectivity index (χ3n) is 1.30. The van der Waals surface area contributed by atoms with Crippen LogP contribution in [0.5, 0.6) is 0 Å². The average molecular weight is 250 g/mol. The minimum atomic E-state index is 0. The van der Waals surface area contributed by atoms with Gasteiger partial charge in [0.2, 0.25) is 0 Å². The zero-order valence-electron chi connectivity index (χ0n) is 12.0. The van der Waals surface area contributed by atoms with Crippen LogP contribution in [0.2, 0.25) is 0 Å². The molecule has 0 aliphatic carbocycles. The van der Waals surface area contributed by atoms with Crippen LogP contribution < -0.4 is 0 Å². The zero-order chi connectivity index (χ0) is 13.3. The summed E-state index contributed by atoms with van der Waals surface area (Å²) >= 11 is 0. The molecule has 0 N–H and O–H groups in total. The largest absolute Gasteiger partial charge is 0.307 e. The number of hydrogen-bond donors (Lipinski definition) is 0. The van der Waals surface area contributed by atoms with Crippen molar-refractivity contribution >= 4 is 5.65 Å². The SMILES string of the molecule is C.CC(C)C.CC(C)C.c1ccn2ccnc2c1. The van der Waals surface area contributed by atoms with Gasteiger partial charge in [-0.05, 0) is 24.0 Å². The van der Waals surface area contributed by atoms with Gasteiger partial charge in [0.15, 0.2) is 0 Å². The Morgan fingerprint density at radius 2 is 1.39 bits per heavy atom. The number of fused-ring (bicyclic) bond motifs is 1. The number of imidazole rings is 1. The summed E-state index contributed by atoms with van der Waals surface area (Å²) in [7, 11) is 0. The Hall–Kier alpha value is -1.31. The van der Waals surface area contributed by atoms with E-state index in [0.717, 1.165) is 17.5 Å². The monoisotopic (exact) mass is 250 g/mol. The quantitative estimate of drug-likeness (QED) is 0.620. The van der Waals surface area contributed by atoms with Gasteiger partial charge in [-0.2, -0.15) is 0 Å². The normalized spacial score (nSPS) is 9.11. The number of nitrogens with zero attached hydrogens (tertiary/aromatic N) is 2. The maximum atomic E-state index is 4.08. The molecule has 2 heterocycles. The minimum absolute atomic E-state index is 0. The van der Waals surface area contributed by atoms with Gasteiger partial charge >= 0.3 is 0 Å². The number of rotatable bonds is 0. The fraction of sp³-hybridized carbons (Fsp3) is 0.562. The van der Waals surface area contributed by atoms with Gasteiger partial charge in [0.25, 0.3) is 0 Å². The Morgan fingerprint density at radius 1 is 0.889 bits per heavy atom. The second-order valence-electron chi connectivity index (χ2n) is 5.36. The highest BCUT2D eigenvalue weighted by atomic mass is 15.0. The van der Waals surface area contributed by atoms with Crippen LogP contribution in [0.25, 0.3) is 5.65 Å². The van der Waals surface area contributed by atoms with Crippen molar-refractivity contribution in [1.29, 1.82) is 0 Å². The van der Waals surface area contributed by atoms with E-state index in [1.165, 1.54) is 0 Å². The van der Waals surface area contributed by atoms with Crippen molar-refractivity contribution < 1.29 is 0 Å². The van der Waals surface area contributed by atoms with Gasteiger partial charge in [-0.15, -0.1) is 0 Å². The van der Waals surface area contributed by atoms with E-state index in [1.54, 1.807) is 6.20 Å². The van der Waals surface area contributed by atoms with Gasteiger partial charge < -0.3 is 4.40 Å². The molecule has 0 saturated carbocycles. The van der Waals surface area contributed by atoms with Crippen molar-refractivity contribution in [2.24, 2.45) is 11.8 Å². The van der Waals surface area contributed by atoms with E-state index in [2.05, 4.69) is 46.5 Å². The summed E-state index contributed by atoms with van der Waals surface area (Å²) in [4.78, 5) is 4.08. The van der Waals surface area contributed by atoms with Crippen LogP contribution in [-0.2, 0) is 0 Å². The molecule has 2 aromatic rings. The lowest BCUT2D eigenvalue weighted by atomic mass is 10.3. The molecule has 0 radical (unpaired) electrons. The summed E-state index contributed by atoms with van der Waals surface area (Å²) in [6, 6.07) is 5.93. The van der Waals surface area contributed by atoms with Gasteiger partial charge in [-0.3, -0.25) is 0 Å². The highest BCUT2D eigenvalue weighted by Crippen LogP contribution is 1.96. The first-order valence-corrected chi connectivity index (χ1v) is 6.31. The lowest BCUT2D eigenvalue weighted by Gasteiger charge is -1.86. The molecular formula is C16H30N2. The highest BCUT2D eigenvalue weighted by Gasteiger charge is 1.85. The average Bonchev–Trinajstić information content (AvgIpc) is 2.62. The molecule has 0 bridgehead atoms. The Balaban J connectivity index is 0. The van der Waals surface area contributed by atoms with Crippen molar-refractivity contribution in [3.8, 4) is 0 Å². The summed E-state index contributed by atoms with van der Waals surface area (Å²) in [5.74, 6) is 1.67. The van der Waals surface area contributed by atoms with Crippen molar-refractivity contribution in [2.45, 2.75) is 49.0 Å². The molecule has 0 atom stereocenters. The molecule has 2 heteroatoms. The molecule has 18 heavy (non-hydrogen) atoms. The minimum Gasteiger partial charge on any atom is -0.307 e. The van der Waals surface area contributed by atoms with E-state index < -0.39 is 0 Å². The summed E-state index contributed by atoms with van der Waals surface area (Å²) in [5.41, 5.74) is 0.998. The maximum absolute atomic E-state index is 4.08. The molecule has 2 nitrogen and oxygen atoms in total. The third-order valence-corrected chi connectivity index (χ3v) is 1.30. The van der Waals surface area contributed by atoms with Crippen LogP contribution in [0.1, 0.15) is 49.0 Å². The van der Waals surface area contributed by atoms with Gasteiger partial charge in [-0.25, -0.2) is 4.98 Å². The lowest BCUT2D eigenvalue weighted by Crippen LogP contribution is -1.77. The second kappa shape index (κ2) is 10.8. The molecule has 0 aliphatic heterocycles. The third kappa shape index (κ3) is 11.2. The molecule has 0 saturated heterocycles. The fourth-order valence-corrected chi connectivity index (χ4v) is 0.864. The van der Waals surface area contributed by atoms with Gasteiger partial charge in [0.1, 0.15) is 5.65 Å². The second-order valence-corrected chi connectivity index (χ2v) is 5.36. The Labute approximate surface area is 113 Å². The number of aromatic nitrogens is 2. The molecule has 0 amide bonds. The molecular weight excluding hydrogens is 220 g/mol. The van der Waals surface area contributed by atoms with Gasteiger partial charge in [-0.1, -0.05) is 55.0 Å². The lowest BCUT2D eigenvalue weighted by molar-refractivity contribution is 0.736. The first-order chi connectivity index (χ1) is 7.93. The van der Waals surface area contributed by atoms with E-state index >= 15 is 0 Å². The van der Waals surface area contributed by atoms with E-state index in [4.69, 9.17) is 0 Å². The van der Waals surface area contributed by atoms with Gasteiger partial charge in [0.05, 0.1) is 0 Å². The summed E-state index contributed by atoms with van der Waals surface area (Å²) in [6.45, 7) is 13.0. The van der Waals surface area contributed by atoms with E-state index in [0.29, 0.717) is 0 Å². The van der Waals surface area contributed by atoms with Crippen molar-refractivity contribution in [3.05, 3.63) is 36.8 Å². The smallest absolute Gasteiger partial charge is 0.136 e. The van der Waals surface area contributed by atoms with Gasteiger partial charge in [0, 0.05) is 18.6 Å². The Kier molecular flexibility index (Phi) is 11.4. The van der Waals surface area contributed by atoms with E-state index in [9.17, 15) is 0 Å². The van der Waals surface area contributed by atoms with E-state index in [1.807, 2.05) is 35.0 Å². The Morgan fingerprint density at radius 3 is 1.83 bits per heavy atom. The predicted octanol–water partition coefficient (Wildman–Crippen LogP) is 5.30. The molecule has 0 unspecified atom stereocenters. The number of hydrogen-bond acceptors (Lipinski definition) is 1. The van der Waals surface area contributed by atoms with E-state index in [-0.39, 0.29) is 7.43 Å². The molecule has 0 aromatic carbocycles. The van der Waals surface area contributed by atoms with Crippen LogP contribution in [0.15, 0.2) is 36.8 Å². The zero-order valence-corrected chi connectivity index (χ0v) is 12.0. The van der Waals surface area contributed by atoms with Crippen LogP contribution in [0.4, 0.5) is 0 Å². The molecule has 0 fully saturated rings. The first kappa shape index (κ1) is 19.0. The summed E-state index contributed by atoms with van der Waals surface area (Å²) in [6.07, 6.45) is 5.69. The molecule has 0 aliphatic rings. The first-order valence-electron chi connectivity index (χ1n) is 6.31. The van der Waals surface area contributed by atoms with Crippen molar-refractivity contribution in [1.82, 2.24) is 9.38 Å². The van der Waals surface area contributed by atoms with Crippen molar-refractivity contribution in [2.75, 3.05) is 0 Å². The number of pyridine rings is 1. The van der Waals surface area contributed by atoms with Crippen molar-refractivity contribution in [3.63, 3.8) is 0 Å². The molecule has 0 spiro atoms. The maximum Gasteiger partial charge on any atom is 0.136 e. The van der Waals surface area contributed by atoms with Crippen LogP contribution in [-0.4, -0.2) is 9.38 Å². The van der Waals surface area contributed by atoms with Crippen LogP contribution in [0.3, 0.4) is 0 Å². The Bertz CT molecular complexity index is 347. The summed E-state index contributed by atoms with van der Waals surface area (Å²) in [5, 5.41) is 0. The highest BCUT2D eigenvalue weighted by molar-refractivity contribution is 5.36. The van der Waals surface area contributed by atoms with Crippen LogP contribution >= 0.6 is 0 Å². The molecule has 2 rings (SSSR count). The fourth-order valence-electron chi connectivity index (χ4n) is 0.864. The standard InChI is InChI=1S/C7H6N2.2C4H10.CH4/c1-2-5-9-6-4-8-7(9)3-1;2*1-4(2)3;/h1-6H;2*4H,1-3H3;1H4. The summed E-state index contributed by atoms with van der Waals surface area (Å²) < 4.78 is 1.97. The predicted molar refractivity (Wildman–Crippen MR) is 82.9 cm³/mol. The van der Waals surface area contributed by atoms with Crippen LogP contribution in [0, 0.1) is 11.8 Å². The topological polar surface area (TPSA) is 17.3 Å². The molecule has 2 aromatic heterocycles.